The minimum atomic E-state index is 0.0956. The molecule has 0 atom stereocenters. The third-order valence-corrected chi connectivity index (χ3v) is 3.63. The van der Waals surface area contributed by atoms with Crippen LogP contribution in [0.2, 0.25) is 5.02 Å². The molecule has 0 saturated heterocycles. The van der Waals surface area contributed by atoms with Gasteiger partial charge in [-0.2, -0.15) is 0 Å². The van der Waals surface area contributed by atoms with Crippen molar-refractivity contribution in [3.63, 3.8) is 0 Å². The monoisotopic (exact) mass is 311 g/mol. The van der Waals surface area contributed by atoms with E-state index in [-0.39, 0.29) is 11.7 Å². The maximum Gasteiger partial charge on any atom is 0.221 e. The molecular formula is C17H14ClN3O. The summed E-state index contributed by atoms with van der Waals surface area (Å²) in [6.45, 7) is 2.00. The van der Waals surface area contributed by atoms with Crippen LogP contribution in [0.3, 0.4) is 0 Å². The fourth-order valence-electron chi connectivity index (χ4n) is 2.32. The lowest BCUT2D eigenvalue weighted by Gasteiger charge is -2.09. The molecule has 22 heavy (non-hydrogen) atoms. The zero-order chi connectivity index (χ0) is 15.7. The summed E-state index contributed by atoms with van der Waals surface area (Å²) in [5.41, 5.74) is 9.66. The molecule has 0 aliphatic carbocycles. The summed E-state index contributed by atoms with van der Waals surface area (Å²) < 4.78 is 0. The Bertz CT molecular complexity index is 849. The molecule has 1 aromatic heterocycles. The number of rotatable bonds is 2. The summed E-state index contributed by atoms with van der Waals surface area (Å²) in [7, 11) is 0. The predicted molar refractivity (Wildman–Crippen MR) is 88.7 cm³/mol. The van der Waals surface area contributed by atoms with Gasteiger partial charge in [0.05, 0.1) is 11.4 Å². The summed E-state index contributed by atoms with van der Waals surface area (Å²) in [4.78, 5) is 8.50. The molecule has 0 aliphatic heterocycles. The molecule has 0 aliphatic rings. The summed E-state index contributed by atoms with van der Waals surface area (Å²) in [5.74, 6) is 0.244. The van der Waals surface area contributed by atoms with Crippen LogP contribution in [0.5, 0.6) is 5.75 Å². The molecule has 0 amide bonds. The van der Waals surface area contributed by atoms with Gasteiger partial charge in [0.1, 0.15) is 5.75 Å². The first-order valence-electron chi connectivity index (χ1n) is 6.74. The van der Waals surface area contributed by atoms with Crippen molar-refractivity contribution in [3.05, 3.63) is 59.1 Å². The number of phenolic OH excluding ortho intramolecular Hbond substituents is 1. The zero-order valence-corrected chi connectivity index (χ0v) is 12.7. The highest BCUT2D eigenvalue weighted by Gasteiger charge is 2.12. The van der Waals surface area contributed by atoms with Crippen LogP contribution in [0.4, 0.5) is 5.95 Å². The van der Waals surface area contributed by atoms with Crippen molar-refractivity contribution in [2.24, 2.45) is 0 Å². The van der Waals surface area contributed by atoms with Crippen LogP contribution in [0, 0.1) is 6.92 Å². The molecule has 0 spiro atoms. The molecule has 2 aromatic carbocycles. The Labute approximate surface area is 133 Å². The molecule has 3 aromatic rings. The summed E-state index contributed by atoms with van der Waals surface area (Å²) >= 11 is 6.00. The van der Waals surface area contributed by atoms with Gasteiger partial charge in [-0.3, -0.25) is 0 Å². The predicted octanol–water partition coefficient (Wildman–Crippen LogP) is 4.06. The van der Waals surface area contributed by atoms with Crippen LogP contribution in [0.25, 0.3) is 22.5 Å². The van der Waals surface area contributed by atoms with Gasteiger partial charge in [0.25, 0.3) is 0 Å². The highest BCUT2D eigenvalue weighted by Crippen LogP contribution is 2.33. The second-order valence-corrected chi connectivity index (χ2v) is 5.41. The molecule has 4 nitrogen and oxygen atoms in total. The average molecular weight is 312 g/mol. The van der Waals surface area contributed by atoms with E-state index in [2.05, 4.69) is 9.97 Å². The summed E-state index contributed by atoms with van der Waals surface area (Å²) in [5, 5.41) is 10.6. The minimum Gasteiger partial charge on any atom is -0.507 e. The third kappa shape index (κ3) is 2.73. The normalized spacial score (nSPS) is 10.6. The molecule has 5 heteroatoms. The molecule has 0 radical (unpaired) electrons. The molecule has 0 unspecified atom stereocenters. The number of hydrogen-bond donors (Lipinski definition) is 2. The second kappa shape index (κ2) is 5.66. The number of aromatic nitrogens is 2. The Kier molecular flexibility index (Phi) is 3.69. The van der Waals surface area contributed by atoms with Crippen LogP contribution >= 0.6 is 11.6 Å². The maximum absolute atomic E-state index is 10.0. The van der Waals surface area contributed by atoms with Gasteiger partial charge in [-0.25, -0.2) is 9.97 Å². The van der Waals surface area contributed by atoms with Crippen molar-refractivity contribution in [2.75, 3.05) is 5.73 Å². The molecule has 0 bridgehead atoms. The van der Waals surface area contributed by atoms with Crippen molar-refractivity contribution in [2.45, 2.75) is 6.92 Å². The van der Waals surface area contributed by atoms with Gasteiger partial charge < -0.3 is 10.8 Å². The molecule has 0 saturated carbocycles. The average Bonchev–Trinajstić information content (AvgIpc) is 2.49. The van der Waals surface area contributed by atoms with E-state index >= 15 is 0 Å². The van der Waals surface area contributed by atoms with E-state index in [4.69, 9.17) is 17.3 Å². The Morgan fingerprint density at radius 3 is 2.36 bits per heavy atom. The number of benzene rings is 2. The Hall–Kier alpha value is -2.59. The van der Waals surface area contributed by atoms with E-state index in [0.717, 1.165) is 11.1 Å². The fourth-order valence-corrected chi connectivity index (χ4v) is 2.49. The van der Waals surface area contributed by atoms with Crippen molar-refractivity contribution in [1.29, 1.82) is 0 Å². The van der Waals surface area contributed by atoms with Gasteiger partial charge in [-0.15, -0.1) is 0 Å². The second-order valence-electron chi connectivity index (χ2n) is 4.97. The van der Waals surface area contributed by atoms with Crippen molar-refractivity contribution in [3.8, 4) is 28.3 Å². The molecule has 0 fully saturated rings. The topological polar surface area (TPSA) is 72.0 Å². The highest BCUT2D eigenvalue weighted by atomic mass is 35.5. The number of hydrogen-bond acceptors (Lipinski definition) is 4. The van der Waals surface area contributed by atoms with Crippen molar-refractivity contribution < 1.29 is 5.11 Å². The first kappa shape index (κ1) is 14.4. The quantitative estimate of drug-likeness (QED) is 0.748. The lowest BCUT2D eigenvalue weighted by Crippen LogP contribution is -1.99. The number of aromatic hydroxyl groups is 1. The number of nitrogen functional groups attached to an aromatic ring is 1. The largest absolute Gasteiger partial charge is 0.507 e. The van der Waals surface area contributed by atoms with Gasteiger partial charge in [-0.05, 0) is 36.8 Å². The lowest BCUT2D eigenvalue weighted by atomic mass is 10.0. The van der Waals surface area contributed by atoms with Gasteiger partial charge in [0.2, 0.25) is 5.95 Å². The first-order valence-corrected chi connectivity index (χ1v) is 7.12. The summed E-state index contributed by atoms with van der Waals surface area (Å²) in [6, 6.07) is 14.5. The fraction of sp³-hybridized carbons (Fsp3) is 0.0588. The summed E-state index contributed by atoms with van der Waals surface area (Å²) in [6.07, 6.45) is 0. The van der Waals surface area contributed by atoms with Crippen LogP contribution in [0.1, 0.15) is 5.56 Å². The van der Waals surface area contributed by atoms with E-state index in [0.29, 0.717) is 22.0 Å². The Morgan fingerprint density at radius 1 is 0.955 bits per heavy atom. The van der Waals surface area contributed by atoms with E-state index < -0.39 is 0 Å². The van der Waals surface area contributed by atoms with Crippen molar-refractivity contribution >= 4 is 17.5 Å². The molecule has 3 N–H and O–H groups in total. The van der Waals surface area contributed by atoms with Crippen LogP contribution < -0.4 is 5.73 Å². The standard InChI is InChI=1S/C17H14ClN3O/c1-10-4-2-3-5-12(10)14-9-15(21-17(19)20-14)13-8-11(18)6-7-16(13)22/h2-9,22H,1H3,(H2,19,20,21). The number of nitrogens with zero attached hydrogens (tertiary/aromatic N) is 2. The first-order chi connectivity index (χ1) is 10.5. The smallest absolute Gasteiger partial charge is 0.221 e. The van der Waals surface area contributed by atoms with E-state index in [1.54, 1.807) is 18.2 Å². The molecular weight excluding hydrogens is 298 g/mol. The van der Waals surface area contributed by atoms with Gasteiger partial charge in [-0.1, -0.05) is 35.9 Å². The van der Waals surface area contributed by atoms with Gasteiger partial charge in [0, 0.05) is 16.1 Å². The van der Waals surface area contributed by atoms with Crippen LogP contribution in [-0.2, 0) is 0 Å². The molecule has 110 valence electrons. The Balaban J connectivity index is 2.19. The van der Waals surface area contributed by atoms with Gasteiger partial charge in [0.15, 0.2) is 0 Å². The van der Waals surface area contributed by atoms with Crippen LogP contribution in [-0.4, -0.2) is 15.1 Å². The lowest BCUT2D eigenvalue weighted by molar-refractivity contribution is 0.477. The minimum absolute atomic E-state index is 0.0956. The number of halogens is 1. The number of phenols is 1. The van der Waals surface area contributed by atoms with E-state index in [1.807, 2.05) is 31.2 Å². The SMILES string of the molecule is Cc1ccccc1-c1cc(-c2cc(Cl)ccc2O)nc(N)n1. The van der Waals surface area contributed by atoms with Crippen LogP contribution in [0.15, 0.2) is 48.5 Å². The number of anilines is 1. The Morgan fingerprint density at radius 2 is 1.64 bits per heavy atom. The maximum atomic E-state index is 10.0. The number of nitrogens with two attached hydrogens (primary N) is 1. The molecule has 1 heterocycles. The van der Waals surface area contributed by atoms with E-state index in [1.165, 1.54) is 6.07 Å². The highest BCUT2D eigenvalue weighted by molar-refractivity contribution is 6.30. The third-order valence-electron chi connectivity index (χ3n) is 3.40. The molecule has 3 rings (SSSR count). The van der Waals surface area contributed by atoms with E-state index in [9.17, 15) is 5.11 Å². The van der Waals surface area contributed by atoms with Crippen molar-refractivity contribution in [1.82, 2.24) is 9.97 Å². The zero-order valence-electron chi connectivity index (χ0n) is 11.9. The number of aryl methyl sites for hydroxylation is 1. The van der Waals surface area contributed by atoms with Gasteiger partial charge >= 0.3 is 0 Å².